The monoisotopic (exact) mass is 553 g/mol. The molecular formula is C22H21BrClN3O5S. The normalized spacial score (nSPS) is 15.8. The van der Waals surface area contributed by atoms with Crippen LogP contribution in [0.25, 0.3) is 0 Å². The molecule has 1 aliphatic carbocycles. The van der Waals surface area contributed by atoms with Gasteiger partial charge in [-0.2, -0.15) is 5.10 Å². The Kier molecular flexibility index (Phi) is 7.08. The van der Waals surface area contributed by atoms with Crippen LogP contribution in [0.2, 0.25) is 5.02 Å². The Labute approximate surface area is 204 Å². The molecular weight excluding hydrogens is 534 g/mol. The lowest BCUT2D eigenvalue weighted by atomic mass is 9.93. The van der Waals surface area contributed by atoms with Gasteiger partial charge in [-0.1, -0.05) is 27.5 Å². The van der Waals surface area contributed by atoms with Gasteiger partial charge in [0.05, 0.1) is 16.1 Å². The average molecular weight is 555 g/mol. The van der Waals surface area contributed by atoms with E-state index in [1.165, 1.54) is 22.9 Å². The minimum Gasteiger partial charge on any atom is -0.480 e. The molecule has 1 aliphatic rings. The van der Waals surface area contributed by atoms with Crippen molar-refractivity contribution in [2.75, 3.05) is 5.88 Å². The zero-order valence-electron chi connectivity index (χ0n) is 17.4. The second-order valence-corrected chi connectivity index (χ2v) is 11.0. The van der Waals surface area contributed by atoms with Gasteiger partial charge in [0.1, 0.15) is 23.9 Å². The summed E-state index contributed by atoms with van der Waals surface area (Å²) in [5.41, 5.74) is 1.67. The van der Waals surface area contributed by atoms with Crippen molar-refractivity contribution in [3.8, 4) is 11.5 Å². The molecule has 33 heavy (non-hydrogen) atoms. The summed E-state index contributed by atoms with van der Waals surface area (Å²) < 4.78 is 34.0. The molecule has 1 unspecified atom stereocenters. The number of carbonyl (C=O) groups is 1. The molecule has 4 rings (SSSR count). The third-order valence-corrected chi connectivity index (χ3v) is 7.71. The molecule has 0 bridgehead atoms. The van der Waals surface area contributed by atoms with Crippen molar-refractivity contribution in [3.63, 3.8) is 0 Å². The summed E-state index contributed by atoms with van der Waals surface area (Å²) in [6.45, 7) is -0.215. The second kappa shape index (κ2) is 9.84. The molecule has 0 saturated heterocycles. The number of hydrogen-bond acceptors (Lipinski definition) is 6. The molecule has 0 amide bonds. The maximum Gasteiger partial charge on any atom is 0.325 e. The maximum atomic E-state index is 12.9. The molecule has 0 radical (unpaired) electrons. The van der Waals surface area contributed by atoms with Gasteiger partial charge < -0.3 is 9.84 Å². The van der Waals surface area contributed by atoms with Gasteiger partial charge in [-0.15, -0.1) is 0 Å². The molecule has 11 heteroatoms. The molecule has 0 fully saturated rings. The summed E-state index contributed by atoms with van der Waals surface area (Å²) in [6, 6.07) is 11.4. The number of sulfone groups is 1. The van der Waals surface area contributed by atoms with Crippen molar-refractivity contribution in [1.29, 1.82) is 0 Å². The van der Waals surface area contributed by atoms with Crippen molar-refractivity contribution in [3.05, 3.63) is 69.4 Å². The highest BCUT2D eigenvalue weighted by atomic mass is 79.9. The second-order valence-electron chi connectivity index (χ2n) is 7.65. The number of halogens is 2. The lowest BCUT2D eigenvalue weighted by Crippen LogP contribution is -2.30. The van der Waals surface area contributed by atoms with Gasteiger partial charge >= 0.3 is 5.97 Å². The highest BCUT2D eigenvalue weighted by Crippen LogP contribution is 2.33. The lowest BCUT2D eigenvalue weighted by molar-refractivity contribution is -0.137. The number of aromatic nitrogens is 2. The number of rotatable bonds is 8. The van der Waals surface area contributed by atoms with Gasteiger partial charge in [-0.05, 0) is 61.7 Å². The quantitative estimate of drug-likeness (QED) is 0.419. The SMILES string of the molecule is O=C(O)Cn1ncc2c1CCCC2NCS(=O)(=O)c1ccc(Oc2ccc(Br)cc2)c(Cl)c1. The van der Waals surface area contributed by atoms with Gasteiger partial charge in [0.15, 0.2) is 9.84 Å². The topological polar surface area (TPSA) is 111 Å². The van der Waals surface area contributed by atoms with Crippen LogP contribution in [-0.2, 0) is 27.6 Å². The number of hydrogen-bond donors (Lipinski definition) is 2. The van der Waals surface area contributed by atoms with Crippen LogP contribution >= 0.6 is 27.5 Å². The van der Waals surface area contributed by atoms with Crippen LogP contribution < -0.4 is 10.1 Å². The van der Waals surface area contributed by atoms with Gasteiger partial charge in [0, 0.05) is 21.8 Å². The Bertz CT molecular complexity index is 1280. The zero-order chi connectivity index (χ0) is 23.6. The highest BCUT2D eigenvalue weighted by molar-refractivity contribution is 9.10. The summed E-state index contributed by atoms with van der Waals surface area (Å²) >= 11 is 9.66. The number of nitrogens with one attached hydrogen (secondary N) is 1. The minimum absolute atomic E-state index is 0.0840. The number of carboxylic acids is 1. The number of ether oxygens (including phenoxy) is 1. The van der Waals surface area contributed by atoms with Gasteiger partial charge in [-0.3, -0.25) is 14.8 Å². The fraction of sp³-hybridized carbons (Fsp3) is 0.273. The third kappa shape index (κ3) is 5.57. The number of nitrogens with zero attached hydrogens (tertiary/aromatic N) is 2. The van der Waals surface area contributed by atoms with Crippen molar-refractivity contribution in [2.45, 2.75) is 36.7 Å². The molecule has 1 heterocycles. The first-order chi connectivity index (χ1) is 15.7. The lowest BCUT2D eigenvalue weighted by Gasteiger charge is -2.24. The third-order valence-electron chi connectivity index (χ3n) is 5.37. The molecule has 174 valence electrons. The van der Waals surface area contributed by atoms with E-state index in [1.807, 2.05) is 12.1 Å². The summed E-state index contributed by atoms with van der Waals surface area (Å²) in [7, 11) is -3.67. The Morgan fingerprint density at radius 2 is 2.03 bits per heavy atom. The van der Waals surface area contributed by atoms with Gasteiger partial charge in [0.2, 0.25) is 0 Å². The van der Waals surface area contributed by atoms with Crippen molar-refractivity contribution in [1.82, 2.24) is 15.1 Å². The van der Waals surface area contributed by atoms with Crippen molar-refractivity contribution < 1.29 is 23.1 Å². The molecule has 2 aromatic carbocycles. The number of aliphatic carboxylic acids is 1. The first-order valence-corrected chi connectivity index (χ1v) is 13.0. The number of fused-ring (bicyclic) bond motifs is 1. The predicted molar refractivity (Wildman–Crippen MR) is 126 cm³/mol. The van der Waals surface area contributed by atoms with E-state index in [-0.39, 0.29) is 28.4 Å². The largest absolute Gasteiger partial charge is 0.480 e. The fourth-order valence-electron chi connectivity index (χ4n) is 3.78. The molecule has 3 aromatic rings. The Hall–Kier alpha value is -2.40. The smallest absolute Gasteiger partial charge is 0.325 e. The van der Waals surface area contributed by atoms with E-state index in [2.05, 4.69) is 26.3 Å². The zero-order valence-corrected chi connectivity index (χ0v) is 20.5. The van der Waals surface area contributed by atoms with E-state index in [0.717, 1.165) is 28.6 Å². The van der Waals surface area contributed by atoms with E-state index in [0.29, 0.717) is 17.9 Å². The Morgan fingerprint density at radius 1 is 1.27 bits per heavy atom. The van der Waals surface area contributed by atoms with Crippen LogP contribution in [0.4, 0.5) is 0 Å². The standard InChI is InChI=1S/C22H21BrClN3O5S/c23-14-4-6-15(7-5-14)32-21-9-8-16(10-18(21)24)33(30,31)13-25-19-2-1-3-20-17(19)11-26-27(20)12-22(28)29/h4-11,19,25H,1-3,12-13H2,(H,28,29). The van der Waals surface area contributed by atoms with Crippen LogP contribution in [0.3, 0.4) is 0 Å². The van der Waals surface area contributed by atoms with Crippen LogP contribution in [0.15, 0.2) is 58.0 Å². The molecule has 8 nitrogen and oxygen atoms in total. The van der Waals surface area contributed by atoms with E-state index in [9.17, 15) is 13.2 Å². The van der Waals surface area contributed by atoms with Crippen LogP contribution in [0, 0.1) is 0 Å². The predicted octanol–water partition coefficient (Wildman–Crippen LogP) is 4.57. The van der Waals surface area contributed by atoms with Crippen LogP contribution in [0.5, 0.6) is 11.5 Å². The first kappa shape index (κ1) is 23.7. The average Bonchev–Trinajstić information content (AvgIpc) is 3.18. The fourth-order valence-corrected chi connectivity index (χ4v) is 5.48. The van der Waals surface area contributed by atoms with E-state index in [1.54, 1.807) is 18.3 Å². The first-order valence-electron chi connectivity index (χ1n) is 10.2. The summed E-state index contributed by atoms with van der Waals surface area (Å²) in [4.78, 5) is 11.1. The van der Waals surface area contributed by atoms with Crippen molar-refractivity contribution >= 4 is 43.3 Å². The molecule has 1 aromatic heterocycles. The Morgan fingerprint density at radius 3 is 2.73 bits per heavy atom. The molecule has 0 aliphatic heterocycles. The molecule has 2 N–H and O–H groups in total. The number of carboxylic acid groups (broad SMARTS) is 1. The van der Waals surface area contributed by atoms with Gasteiger partial charge in [-0.25, -0.2) is 8.42 Å². The van der Waals surface area contributed by atoms with E-state index < -0.39 is 15.8 Å². The summed E-state index contributed by atoms with van der Waals surface area (Å²) in [5.74, 6) is -0.324. The number of benzene rings is 2. The van der Waals surface area contributed by atoms with Crippen LogP contribution in [0.1, 0.15) is 30.1 Å². The molecule has 0 spiro atoms. The van der Waals surface area contributed by atoms with E-state index >= 15 is 0 Å². The highest BCUT2D eigenvalue weighted by Gasteiger charge is 2.26. The minimum atomic E-state index is -3.67. The van der Waals surface area contributed by atoms with Crippen LogP contribution in [-0.4, -0.2) is 35.2 Å². The molecule has 0 saturated carbocycles. The maximum absolute atomic E-state index is 12.9. The van der Waals surface area contributed by atoms with Gasteiger partial charge in [0.25, 0.3) is 0 Å². The van der Waals surface area contributed by atoms with Crippen molar-refractivity contribution in [2.24, 2.45) is 0 Å². The molecule has 1 atom stereocenters. The summed E-state index contributed by atoms with van der Waals surface area (Å²) in [5, 5.41) is 16.5. The van der Waals surface area contributed by atoms with E-state index in [4.69, 9.17) is 21.4 Å². The summed E-state index contributed by atoms with van der Waals surface area (Å²) in [6.07, 6.45) is 3.88. The Balaban J connectivity index is 1.45.